The van der Waals surface area contributed by atoms with Crippen LogP contribution in [0, 0.1) is 5.92 Å². The number of rotatable bonds is 5. The largest absolute Gasteiger partial charge is 0.310 e. The van der Waals surface area contributed by atoms with Crippen molar-refractivity contribution in [3.05, 3.63) is 23.9 Å². The summed E-state index contributed by atoms with van der Waals surface area (Å²) in [7, 11) is -3.45. The number of hydrogen-bond donors (Lipinski definition) is 1. The fraction of sp³-hybridized carbons (Fsp3) is 0.667. The average molecular weight is 309 g/mol. The lowest BCUT2D eigenvalue weighted by Crippen LogP contribution is -2.34. The predicted molar refractivity (Wildman–Crippen MR) is 81.2 cm³/mol. The zero-order valence-corrected chi connectivity index (χ0v) is 13.4. The van der Waals surface area contributed by atoms with E-state index in [2.05, 4.69) is 17.2 Å². The molecule has 1 aliphatic carbocycles. The summed E-state index contributed by atoms with van der Waals surface area (Å²) in [6, 6.07) is 4.19. The summed E-state index contributed by atoms with van der Waals surface area (Å²) >= 11 is 0. The van der Waals surface area contributed by atoms with Crippen LogP contribution in [0.25, 0.3) is 0 Å². The first-order chi connectivity index (χ1) is 9.96. The maximum atomic E-state index is 12.6. The molecular weight excluding hydrogens is 286 g/mol. The van der Waals surface area contributed by atoms with Gasteiger partial charge >= 0.3 is 0 Å². The Labute approximate surface area is 126 Å². The summed E-state index contributed by atoms with van der Waals surface area (Å²) in [5.41, 5.74) is 1.03. The molecule has 116 valence electrons. The van der Waals surface area contributed by atoms with Gasteiger partial charge in [0.15, 0.2) is 5.03 Å². The van der Waals surface area contributed by atoms with E-state index in [4.69, 9.17) is 0 Å². The van der Waals surface area contributed by atoms with Crippen molar-refractivity contribution in [1.29, 1.82) is 0 Å². The Bertz CT molecular complexity index is 596. The third kappa shape index (κ3) is 3.27. The molecule has 0 radical (unpaired) electrons. The van der Waals surface area contributed by atoms with Gasteiger partial charge in [-0.05, 0) is 43.7 Å². The van der Waals surface area contributed by atoms with Gasteiger partial charge in [-0.1, -0.05) is 13.0 Å². The van der Waals surface area contributed by atoms with E-state index in [0.717, 1.165) is 18.5 Å². The topological polar surface area (TPSA) is 62.3 Å². The molecule has 2 atom stereocenters. The maximum Gasteiger partial charge on any atom is 0.260 e. The van der Waals surface area contributed by atoms with E-state index in [1.165, 1.54) is 12.8 Å². The Balaban J connectivity index is 1.72. The van der Waals surface area contributed by atoms with Crippen LogP contribution >= 0.6 is 0 Å². The van der Waals surface area contributed by atoms with Crippen LogP contribution in [0.3, 0.4) is 0 Å². The molecule has 1 saturated carbocycles. The van der Waals surface area contributed by atoms with Gasteiger partial charge in [0.05, 0.1) is 0 Å². The van der Waals surface area contributed by atoms with E-state index in [0.29, 0.717) is 18.5 Å². The number of sulfonamides is 1. The minimum Gasteiger partial charge on any atom is -0.310 e. The van der Waals surface area contributed by atoms with Gasteiger partial charge in [-0.15, -0.1) is 0 Å². The lowest BCUT2D eigenvalue weighted by atomic mass is 10.1. The molecule has 2 unspecified atom stereocenters. The third-order valence-corrected chi connectivity index (χ3v) is 6.17. The van der Waals surface area contributed by atoms with E-state index in [1.54, 1.807) is 16.6 Å². The molecule has 1 aromatic heterocycles. The lowest BCUT2D eigenvalue weighted by molar-refractivity contribution is 0.403. The molecule has 1 aliphatic heterocycles. The van der Waals surface area contributed by atoms with Crippen molar-refractivity contribution in [2.45, 2.75) is 56.8 Å². The highest BCUT2D eigenvalue weighted by atomic mass is 32.2. The van der Waals surface area contributed by atoms with Crippen LogP contribution in [0.2, 0.25) is 0 Å². The molecule has 0 spiro atoms. The van der Waals surface area contributed by atoms with Gasteiger partial charge in [0.25, 0.3) is 10.0 Å². The highest BCUT2D eigenvalue weighted by molar-refractivity contribution is 7.89. The summed E-state index contributed by atoms with van der Waals surface area (Å²) in [6.45, 7) is 5.41. The molecule has 6 heteroatoms. The molecule has 3 rings (SSSR count). The lowest BCUT2D eigenvalue weighted by Gasteiger charge is -2.20. The van der Waals surface area contributed by atoms with Gasteiger partial charge in [0, 0.05) is 31.4 Å². The molecule has 1 N–H and O–H groups in total. The monoisotopic (exact) mass is 309 g/mol. The summed E-state index contributed by atoms with van der Waals surface area (Å²) in [4.78, 5) is 4.18. The molecule has 2 heterocycles. The van der Waals surface area contributed by atoms with Crippen molar-refractivity contribution in [3.63, 3.8) is 0 Å². The summed E-state index contributed by atoms with van der Waals surface area (Å²) in [6.07, 6.45) is 5.07. The zero-order chi connectivity index (χ0) is 15.0. The van der Waals surface area contributed by atoms with Gasteiger partial charge in [0.2, 0.25) is 0 Å². The molecular formula is C15H23N3O2S. The van der Waals surface area contributed by atoms with Crippen LogP contribution in [-0.2, 0) is 16.6 Å². The Morgan fingerprint density at radius 1 is 1.33 bits per heavy atom. The number of nitrogens with zero attached hydrogens (tertiary/aromatic N) is 2. The predicted octanol–water partition coefficient (Wildman–Crippen LogP) is 1.75. The normalized spacial score (nSPS) is 27.1. The Morgan fingerprint density at radius 2 is 2.10 bits per heavy atom. The maximum absolute atomic E-state index is 12.6. The number of nitrogens with one attached hydrogen (secondary N) is 1. The van der Waals surface area contributed by atoms with Crippen LogP contribution in [0.1, 0.15) is 38.7 Å². The van der Waals surface area contributed by atoms with Crippen molar-refractivity contribution in [3.8, 4) is 0 Å². The number of aromatic nitrogens is 1. The van der Waals surface area contributed by atoms with Crippen LogP contribution in [0.4, 0.5) is 0 Å². The van der Waals surface area contributed by atoms with Crippen molar-refractivity contribution in [1.82, 2.24) is 14.6 Å². The van der Waals surface area contributed by atoms with Gasteiger partial charge in [-0.2, -0.15) is 4.31 Å². The van der Waals surface area contributed by atoms with Gasteiger partial charge in [0.1, 0.15) is 0 Å². The van der Waals surface area contributed by atoms with Gasteiger partial charge in [-0.25, -0.2) is 13.4 Å². The van der Waals surface area contributed by atoms with Gasteiger partial charge < -0.3 is 5.32 Å². The minimum absolute atomic E-state index is 0.0583. The summed E-state index contributed by atoms with van der Waals surface area (Å²) < 4.78 is 26.8. The van der Waals surface area contributed by atoms with Crippen LogP contribution < -0.4 is 5.32 Å². The molecule has 21 heavy (non-hydrogen) atoms. The fourth-order valence-electron chi connectivity index (χ4n) is 2.93. The number of pyridine rings is 1. The van der Waals surface area contributed by atoms with E-state index < -0.39 is 10.0 Å². The molecule has 1 saturated heterocycles. The van der Waals surface area contributed by atoms with E-state index >= 15 is 0 Å². The van der Waals surface area contributed by atoms with Crippen molar-refractivity contribution in [2.75, 3.05) is 6.54 Å². The second-order valence-electron chi connectivity index (χ2n) is 6.42. The Hall–Kier alpha value is -0.980. The van der Waals surface area contributed by atoms with Crippen molar-refractivity contribution < 1.29 is 8.42 Å². The first-order valence-electron chi connectivity index (χ1n) is 7.67. The standard InChI is InChI=1S/C15H23N3O2S/c1-11-7-12(2)18(10-11)21(19,20)15-6-3-13(9-17-15)8-16-14-4-5-14/h3,6,9,11-12,14,16H,4-5,7-8,10H2,1-2H3. The molecule has 0 bridgehead atoms. The molecule has 0 aromatic carbocycles. The van der Waals surface area contributed by atoms with Crippen LogP contribution in [-0.4, -0.2) is 36.3 Å². The highest BCUT2D eigenvalue weighted by Crippen LogP contribution is 2.28. The van der Waals surface area contributed by atoms with E-state index in [-0.39, 0.29) is 11.1 Å². The first-order valence-corrected chi connectivity index (χ1v) is 9.11. The summed E-state index contributed by atoms with van der Waals surface area (Å²) in [5.74, 6) is 0.414. The SMILES string of the molecule is CC1CC(C)N(S(=O)(=O)c2ccc(CNC3CC3)cn2)C1. The molecule has 2 fully saturated rings. The van der Waals surface area contributed by atoms with Crippen molar-refractivity contribution >= 4 is 10.0 Å². The quantitative estimate of drug-likeness (QED) is 0.900. The second-order valence-corrected chi connectivity index (χ2v) is 8.26. The summed E-state index contributed by atoms with van der Waals surface area (Å²) in [5, 5.41) is 3.56. The number of hydrogen-bond acceptors (Lipinski definition) is 4. The third-order valence-electron chi connectivity index (χ3n) is 4.27. The fourth-order valence-corrected chi connectivity index (χ4v) is 4.61. The molecule has 1 aromatic rings. The van der Waals surface area contributed by atoms with Crippen LogP contribution in [0.5, 0.6) is 0 Å². The molecule has 5 nitrogen and oxygen atoms in total. The minimum atomic E-state index is -3.45. The smallest absolute Gasteiger partial charge is 0.260 e. The zero-order valence-electron chi connectivity index (χ0n) is 12.6. The average Bonchev–Trinajstić information content (AvgIpc) is 3.21. The van der Waals surface area contributed by atoms with Gasteiger partial charge in [-0.3, -0.25) is 0 Å². The van der Waals surface area contributed by atoms with E-state index in [1.807, 2.05) is 13.0 Å². The van der Waals surface area contributed by atoms with Crippen LogP contribution in [0.15, 0.2) is 23.4 Å². The highest BCUT2D eigenvalue weighted by Gasteiger charge is 2.36. The Kier molecular flexibility index (Phi) is 4.03. The first kappa shape index (κ1) is 14.9. The molecule has 2 aliphatic rings. The second kappa shape index (κ2) is 5.66. The Morgan fingerprint density at radius 3 is 2.62 bits per heavy atom. The van der Waals surface area contributed by atoms with E-state index in [9.17, 15) is 8.42 Å². The molecule has 0 amide bonds. The van der Waals surface area contributed by atoms with Crippen molar-refractivity contribution in [2.24, 2.45) is 5.92 Å².